The summed E-state index contributed by atoms with van der Waals surface area (Å²) in [6, 6.07) is 4.91. The topological polar surface area (TPSA) is 108 Å². The molecule has 0 spiro atoms. The zero-order valence-corrected chi connectivity index (χ0v) is 10.4. The van der Waals surface area contributed by atoms with Crippen LogP contribution in [0, 0.1) is 0 Å². The lowest BCUT2D eigenvalue weighted by atomic mass is 10.2. The Morgan fingerprint density at radius 2 is 2.16 bits per heavy atom. The fourth-order valence-corrected chi connectivity index (χ4v) is 1.42. The van der Waals surface area contributed by atoms with Gasteiger partial charge in [-0.1, -0.05) is 12.1 Å². The molecule has 1 aromatic rings. The first-order valence-electron chi connectivity index (χ1n) is 5.56. The van der Waals surface area contributed by atoms with Crippen LogP contribution in [0.5, 0.6) is 0 Å². The number of amides is 2. The van der Waals surface area contributed by atoms with E-state index in [1.54, 1.807) is 25.3 Å². The fourth-order valence-electron chi connectivity index (χ4n) is 1.42. The van der Waals surface area contributed by atoms with Crippen LogP contribution in [0.25, 0.3) is 0 Å². The van der Waals surface area contributed by atoms with Crippen LogP contribution in [0.2, 0.25) is 0 Å². The third-order valence-electron chi connectivity index (χ3n) is 2.28. The van der Waals surface area contributed by atoms with Crippen molar-refractivity contribution in [3.8, 4) is 0 Å². The molecule has 1 aromatic carbocycles. The van der Waals surface area contributed by atoms with Crippen LogP contribution in [0.3, 0.4) is 0 Å². The van der Waals surface area contributed by atoms with Crippen LogP contribution in [-0.2, 0) is 16.1 Å². The predicted octanol–water partition coefficient (Wildman–Crippen LogP) is 0.400. The van der Waals surface area contributed by atoms with Crippen molar-refractivity contribution in [2.24, 2.45) is 0 Å². The minimum Gasteiger partial charge on any atom is -0.480 e. The van der Waals surface area contributed by atoms with E-state index >= 15 is 0 Å². The van der Waals surface area contributed by atoms with Gasteiger partial charge in [0.2, 0.25) is 0 Å². The standard InChI is InChI=1S/C12H16N2O5/c1-19-7-8-3-2-4-9(5-8)13-12(18)14-10(6-15)11(16)17/h2-5,10,15H,6-7H2,1H3,(H,16,17)(H2,13,14,18)/t10-/m0/s1. The molecule has 0 heterocycles. The first-order valence-corrected chi connectivity index (χ1v) is 5.56. The number of aliphatic carboxylic acids is 1. The van der Waals surface area contributed by atoms with Crippen LogP contribution >= 0.6 is 0 Å². The molecule has 7 heteroatoms. The zero-order valence-electron chi connectivity index (χ0n) is 10.4. The summed E-state index contributed by atoms with van der Waals surface area (Å²) in [7, 11) is 1.56. The summed E-state index contributed by atoms with van der Waals surface area (Å²) in [6.07, 6.45) is 0. The van der Waals surface area contributed by atoms with Crippen molar-refractivity contribution < 1.29 is 24.5 Å². The number of aliphatic hydroxyl groups is 1. The zero-order chi connectivity index (χ0) is 14.3. The van der Waals surface area contributed by atoms with E-state index in [1.165, 1.54) is 0 Å². The number of rotatable bonds is 6. The molecule has 0 radical (unpaired) electrons. The average Bonchev–Trinajstić information content (AvgIpc) is 2.36. The van der Waals surface area contributed by atoms with Gasteiger partial charge in [-0.25, -0.2) is 9.59 Å². The van der Waals surface area contributed by atoms with Gasteiger partial charge in [0.15, 0.2) is 6.04 Å². The summed E-state index contributed by atoms with van der Waals surface area (Å²) in [5, 5.41) is 22.1. The van der Waals surface area contributed by atoms with Gasteiger partial charge in [0, 0.05) is 12.8 Å². The smallest absolute Gasteiger partial charge is 0.328 e. The van der Waals surface area contributed by atoms with Crippen LogP contribution in [-0.4, -0.2) is 42.0 Å². The lowest BCUT2D eigenvalue weighted by Crippen LogP contribution is -2.45. The molecular formula is C12H16N2O5. The predicted molar refractivity (Wildman–Crippen MR) is 67.8 cm³/mol. The number of hydrogen-bond donors (Lipinski definition) is 4. The van der Waals surface area contributed by atoms with E-state index in [-0.39, 0.29) is 0 Å². The molecule has 0 saturated heterocycles. The maximum Gasteiger partial charge on any atom is 0.328 e. The van der Waals surface area contributed by atoms with Gasteiger partial charge >= 0.3 is 12.0 Å². The first kappa shape index (κ1) is 14.9. The van der Waals surface area contributed by atoms with Gasteiger partial charge < -0.3 is 25.6 Å². The second-order valence-electron chi connectivity index (χ2n) is 3.81. The average molecular weight is 268 g/mol. The summed E-state index contributed by atoms with van der Waals surface area (Å²) < 4.78 is 4.96. The van der Waals surface area contributed by atoms with E-state index in [9.17, 15) is 9.59 Å². The third kappa shape index (κ3) is 4.94. The number of methoxy groups -OCH3 is 1. The van der Waals surface area contributed by atoms with Crippen molar-refractivity contribution in [1.82, 2.24) is 5.32 Å². The number of carbonyl (C=O) groups is 2. The highest BCUT2D eigenvalue weighted by atomic mass is 16.5. The summed E-state index contributed by atoms with van der Waals surface area (Å²) >= 11 is 0. The molecule has 19 heavy (non-hydrogen) atoms. The Bertz CT molecular complexity index is 450. The van der Waals surface area contributed by atoms with E-state index < -0.39 is 24.6 Å². The van der Waals surface area contributed by atoms with E-state index in [1.807, 2.05) is 6.07 Å². The molecule has 0 aliphatic carbocycles. The molecular weight excluding hydrogens is 252 g/mol. The van der Waals surface area contributed by atoms with Crippen molar-refractivity contribution in [2.75, 3.05) is 19.0 Å². The quantitative estimate of drug-likeness (QED) is 0.597. The van der Waals surface area contributed by atoms with Gasteiger partial charge in [-0.05, 0) is 17.7 Å². The van der Waals surface area contributed by atoms with E-state index in [0.29, 0.717) is 12.3 Å². The first-order chi connectivity index (χ1) is 9.06. The molecule has 2 amide bonds. The molecule has 4 N–H and O–H groups in total. The number of aliphatic hydroxyl groups excluding tert-OH is 1. The molecule has 0 aromatic heterocycles. The second kappa shape index (κ2) is 7.34. The number of carboxylic acid groups (broad SMARTS) is 1. The Morgan fingerprint density at radius 1 is 1.42 bits per heavy atom. The lowest BCUT2D eigenvalue weighted by molar-refractivity contribution is -0.140. The highest BCUT2D eigenvalue weighted by Gasteiger charge is 2.18. The lowest BCUT2D eigenvalue weighted by Gasteiger charge is -2.13. The normalized spacial score (nSPS) is 11.7. The van der Waals surface area contributed by atoms with E-state index in [4.69, 9.17) is 14.9 Å². The van der Waals surface area contributed by atoms with Gasteiger partial charge in [0.25, 0.3) is 0 Å². The molecule has 0 unspecified atom stereocenters. The summed E-state index contributed by atoms with van der Waals surface area (Å²) in [5.74, 6) is -1.30. The fraction of sp³-hybridized carbons (Fsp3) is 0.333. The van der Waals surface area contributed by atoms with E-state index in [0.717, 1.165) is 5.56 Å². The van der Waals surface area contributed by atoms with Crippen molar-refractivity contribution in [1.29, 1.82) is 0 Å². The van der Waals surface area contributed by atoms with Gasteiger partial charge in [0.05, 0.1) is 13.2 Å². The SMILES string of the molecule is COCc1cccc(NC(=O)N[C@@H](CO)C(=O)O)c1. The van der Waals surface area contributed by atoms with Gasteiger partial charge in [0.1, 0.15) is 0 Å². The molecule has 1 rings (SSSR count). The van der Waals surface area contributed by atoms with Crippen LogP contribution in [0.4, 0.5) is 10.5 Å². The molecule has 0 aliphatic heterocycles. The van der Waals surface area contributed by atoms with Crippen LogP contribution in [0.1, 0.15) is 5.56 Å². The van der Waals surface area contributed by atoms with Crippen molar-refractivity contribution in [2.45, 2.75) is 12.6 Å². The molecule has 1 atom stereocenters. The maximum atomic E-state index is 11.5. The Labute approximate surface area is 110 Å². The molecule has 0 saturated carbocycles. The van der Waals surface area contributed by atoms with Crippen molar-refractivity contribution in [3.63, 3.8) is 0 Å². The highest BCUT2D eigenvalue weighted by Crippen LogP contribution is 2.11. The number of benzene rings is 1. The van der Waals surface area contributed by atoms with E-state index in [2.05, 4.69) is 10.6 Å². The number of carboxylic acids is 1. The third-order valence-corrected chi connectivity index (χ3v) is 2.28. The summed E-state index contributed by atoms with van der Waals surface area (Å²) in [4.78, 5) is 22.2. The molecule has 0 fully saturated rings. The largest absolute Gasteiger partial charge is 0.480 e. The summed E-state index contributed by atoms with van der Waals surface area (Å²) in [6.45, 7) is -0.266. The number of anilines is 1. The molecule has 0 bridgehead atoms. The molecule has 104 valence electrons. The Kier molecular flexibility index (Phi) is 5.77. The van der Waals surface area contributed by atoms with Gasteiger partial charge in [-0.3, -0.25) is 0 Å². The highest BCUT2D eigenvalue weighted by molar-refractivity contribution is 5.92. The number of hydrogen-bond acceptors (Lipinski definition) is 4. The van der Waals surface area contributed by atoms with Crippen molar-refractivity contribution in [3.05, 3.63) is 29.8 Å². The second-order valence-corrected chi connectivity index (χ2v) is 3.81. The van der Waals surface area contributed by atoms with Crippen molar-refractivity contribution >= 4 is 17.7 Å². The maximum absolute atomic E-state index is 11.5. The summed E-state index contributed by atoms with van der Waals surface area (Å²) in [5.41, 5.74) is 1.38. The molecule has 0 aliphatic rings. The number of ether oxygens (including phenoxy) is 1. The minimum atomic E-state index is -1.33. The van der Waals surface area contributed by atoms with Gasteiger partial charge in [-0.15, -0.1) is 0 Å². The Hall–Kier alpha value is -2.12. The number of urea groups is 1. The number of nitrogens with one attached hydrogen (secondary N) is 2. The minimum absolute atomic E-state index is 0.408. The Morgan fingerprint density at radius 3 is 2.74 bits per heavy atom. The van der Waals surface area contributed by atoms with Crippen LogP contribution in [0.15, 0.2) is 24.3 Å². The Balaban J connectivity index is 2.61. The number of carbonyl (C=O) groups excluding carboxylic acids is 1. The monoisotopic (exact) mass is 268 g/mol. The van der Waals surface area contributed by atoms with Crippen LogP contribution < -0.4 is 10.6 Å². The van der Waals surface area contributed by atoms with Gasteiger partial charge in [-0.2, -0.15) is 0 Å². The molecule has 7 nitrogen and oxygen atoms in total.